The van der Waals surface area contributed by atoms with E-state index in [1.165, 1.54) is 0 Å². The summed E-state index contributed by atoms with van der Waals surface area (Å²) in [5.74, 6) is 0. The van der Waals surface area contributed by atoms with Gasteiger partial charge in [-0.25, -0.2) is 0 Å². The van der Waals surface area contributed by atoms with E-state index in [2.05, 4.69) is 17.6 Å². The zero-order valence-electron chi connectivity index (χ0n) is 7.46. The fourth-order valence-electron chi connectivity index (χ4n) is 0.974. The third-order valence-corrected chi connectivity index (χ3v) is 1.59. The van der Waals surface area contributed by atoms with Crippen molar-refractivity contribution in [2.24, 2.45) is 0 Å². The van der Waals surface area contributed by atoms with Gasteiger partial charge in [-0.1, -0.05) is 25.1 Å². The van der Waals surface area contributed by atoms with Crippen LogP contribution in [0.25, 0.3) is 0 Å². The number of hydrogen-bond donors (Lipinski definition) is 1. The molecule has 0 saturated carbocycles. The Morgan fingerprint density at radius 2 is 2.00 bits per heavy atom. The molecule has 2 heteroatoms. The molecule has 1 aromatic rings. The van der Waals surface area contributed by atoms with Gasteiger partial charge in [-0.2, -0.15) is 0 Å². The van der Waals surface area contributed by atoms with E-state index in [4.69, 9.17) is 0 Å². The third-order valence-electron chi connectivity index (χ3n) is 1.59. The zero-order valence-corrected chi connectivity index (χ0v) is 7.46. The van der Waals surface area contributed by atoms with Gasteiger partial charge in [-0.15, -0.1) is 0 Å². The second kappa shape index (κ2) is 5.61. The van der Waals surface area contributed by atoms with Crippen LogP contribution in [0.4, 0.5) is 5.69 Å². The van der Waals surface area contributed by atoms with Crippen molar-refractivity contribution in [1.29, 1.82) is 0 Å². The maximum Gasteiger partial charge on any atom is 0.0574 e. The minimum absolute atomic E-state index is 0.859. The lowest BCUT2D eigenvalue weighted by atomic mass is 10.3. The lowest BCUT2D eigenvalue weighted by Crippen LogP contribution is -2.21. The van der Waals surface area contributed by atoms with Gasteiger partial charge in [0.05, 0.1) is 12.2 Å². The highest BCUT2D eigenvalue weighted by Gasteiger charge is 1.89. The molecule has 1 rings (SSSR count). The minimum Gasteiger partial charge on any atom is -0.315 e. The van der Waals surface area contributed by atoms with Gasteiger partial charge in [0.25, 0.3) is 0 Å². The number of para-hydroxylation sites is 1. The van der Waals surface area contributed by atoms with E-state index in [1.54, 1.807) is 0 Å². The van der Waals surface area contributed by atoms with Crippen LogP contribution in [0.5, 0.6) is 0 Å². The number of nitrogens with one attached hydrogen (secondary N) is 1. The Balaban J connectivity index is 2.16. The van der Waals surface area contributed by atoms with Gasteiger partial charge in [0.2, 0.25) is 0 Å². The topological polar surface area (TPSA) is 26.1 Å². The number of rotatable bonds is 5. The molecule has 65 valence electrons. The zero-order chi connectivity index (χ0) is 8.65. The number of likely N-dealkylation sites (N-methyl/N-ethyl adjacent to an activating group) is 1. The molecule has 0 heterocycles. The number of hydrogen-bond acceptors (Lipinski definition) is 1. The molecular formula is C10H15N2. The van der Waals surface area contributed by atoms with Crippen molar-refractivity contribution in [2.75, 3.05) is 19.6 Å². The van der Waals surface area contributed by atoms with Gasteiger partial charge in [-0.05, 0) is 18.7 Å². The van der Waals surface area contributed by atoms with E-state index >= 15 is 0 Å². The van der Waals surface area contributed by atoms with Crippen molar-refractivity contribution in [2.45, 2.75) is 6.92 Å². The van der Waals surface area contributed by atoms with Crippen LogP contribution in [-0.2, 0) is 0 Å². The summed E-state index contributed by atoms with van der Waals surface area (Å²) < 4.78 is 0. The largest absolute Gasteiger partial charge is 0.315 e. The first-order chi connectivity index (χ1) is 5.93. The van der Waals surface area contributed by atoms with Crippen molar-refractivity contribution >= 4 is 5.69 Å². The second-order valence-corrected chi connectivity index (χ2v) is 2.57. The summed E-state index contributed by atoms with van der Waals surface area (Å²) in [7, 11) is 0. The Bertz CT molecular complexity index is 196. The van der Waals surface area contributed by atoms with Crippen molar-refractivity contribution in [3.05, 3.63) is 30.3 Å². The van der Waals surface area contributed by atoms with Gasteiger partial charge in [0, 0.05) is 6.54 Å². The van der Waals surface area contributed by atoms with Crippen LogP contribution in [-0.4, -0.2) is 19.6 Å². The molecule has 0 bridgehead atoms. The summed E-state index contributed by atoms with van der Waals surface area (Å²) in [4.78, 5) is 0. The van der Waals surface area contributed by atoms with Gasteiger partial charge in [-0.3, -0.25) is 5.32 Å². The minimum atomic E-state index is 0.859. The summed E-state index contributed by atoms with van der Waals surface area (Å²) in [6.07, 6.45) is 0. The summed E-state index contributed by atoms with van der Waals surface area (Å²) in [6.45, 7) is 4.94. The predicted octanol–water partition coefficient (Wildman–Crippen LogP) is 1.53. The first-order valence-corrected chi connectivity index (χ1v) is 4.36. The van der Waals surface area contributed by atoms with Crippen LogP contribution < -0.4 is 10.6 Å². The Hall–Kier alpha value is -1.02. The molecule has 12 heavy (non-hydrogen) atoms. The van der Waals surface area contributed by atoms with E-state index in [1.807, 2.05) is 30.3 Å². The molecule has 1 radical (unpaired) electrons. The van der Waals surface area contributed by atoms with Gasteiger partial charge in [0.15, 0.2) is 0 Å². The molecule has 0 spiro atoms. The molecule has 1 N–H and O–H groups in total. The van der Waals surface area contributed by atoms with Crippen molar-refractivity contribution in [1.82, 2.24) is 10.6 Å². The molecule has 1 aromatic carbocycles. The van der Waals surface area contributed by atoms with Gasteiger partial charge < -0.3 is 5.32 Å². The third kappa shape index (κ3) is 3.39. The van der Waals surface area contributed by atoms with Crippen LogP contribution in [0.1, 0.15) is 6.92 Å². The Labute approximate surface area is 74.0 Å². The molecular weight excluding hydrogens is 148 g/mol. The average molecular weight is 163 g/mol. The normalized spacial score (nSPS) is 9.75. The highest BCUT2D eigenvalue weighted by atomic mass is 14.9. The van der Waals surface area contributed by atoms with E-state index < -0.39 is 0 Å². The second-order valence-electron chi connectivity index (χ2n) is 2.57. The molecule has 0 amide bonds. The van der Waals surface area contributed by atoms with Crippen molar-refractivity contribution in [3.63, 3.8) is 0 Å². The Morgan fingerprint density at radius 3 is 2.67 bits per heavy atom. The van der Waals surface area contributed by atoms with Gasteiger partial charge >= 0.3 is 0 Å². The van der Waals surface area contributed by atoms with E-state index in [9.17, 15) is 0 Å². The first-order valence-electron chi connectivity index (χ1n) is 4.36. The molecule has 0 fully saturated rings. The summed E-state index contributed by atoms with van der Waals surface area (Å²) in [5, 5.41) is 7.61. The summed E-state index contributed by atoms with van der Waals surface area (Å²) in [5.41, 5.74) is 1.07. The van der Waals surface area contributed by atoms with Gasteiger partial charge in [0.1, 0.15) is 0 Å². The fraction of sp³-hybridized carbons (Fsp3) is 0.400. The molecule has 0 unspecified atom stereocenters. The summed E-state index contributed by atoms with van der Waals surface area (Å²) >= 11 is 0. The molecule has 0 saturated heterocycles. The summed E-state index contributed by atoms with van der Waals surface area (Å²) in [6, 6.07) is 10.1. The fourth-order valence-corrected chi connectivity index (χ4v) is 0.974. The highest BCUT2D eigenvalue weighted by molar-refractivity contribution is 5.34. The smallest absolute Gasteiger partial charge is 0.0574 e. The predicted molar refractivity (Wildman–Crippen MR) is 51.6 cm³/mol. The van der Waals surface area contributed by atoms with Crippen LogP contribution in [0.3, 0.4) is 0 Å². The van der Waals surface area contributed by atoms with Crippen LogP contribution >= 0.6 is 0 Å². The lowest BCUT2D eigenvalue weighted by molar-refractivity contribution is 0.685. The van der Waals surface area contributed by atoms with Crippen LogP contribution in [0.2, 0.25) is 0 Å². The maximum absolute atomic E-state index is 4.38. The maximum atomic E-state index is 4.38. The first kappa shape index (κ1) is 9.07. The molecule has 0 aliphatic carbocycles. The Kier molecular flexibility index (Phi) is 4.24. The highest BCUT2D eigenvalue weighted by Crippen LogP contribution is 2.03. The SMILES string of the molecule is CCNCC[N]c1ccccc1. The molecule has 0 aliphatic heterocycles. The number of nitrogens with zero attached hydrogens (tertiary/aromatic N) is 1. The quantitative estimate of drug-likeness (QED) is 0.655. The molecule has 2 nitrogen and oxygen atoms in total. The monoisotopic (exact) mass is 163 g/mol. The van der Waals surface area contributed by atoms with Crippen molar-refractivity contribution in [3.8, 4) is 0 Å². The van der Waals surface area contributed by atoms with Crippen LogP contribution in [0.15, 0.2) is 30.3 Å². The van der Waals surface area contributed by atoms with Crippen molar-refractivity contribution < 1.29 is 0 Å². The standard InChI is InChI=1S/C10H15N2/c1-2-11-8-9-12-10-6-4-3-5-7-10/h3-7,11H,2,8-9H2,1H3. The van der Waals surface area contributed by atoms with Crippen LogP contribution in [0, 0.1) is 0 Å². The molecule has 0 aromatic heterocycles. The average Bonchev–Trinajstić information content (AvgIpc) is 2.14. The number of benzene rings is 1. The van der Waals surface area contributed by atoms with E-state index in [0.717, 1.165) is 25.3 Å². The molecule has 0 aliphatic rings. The van der Waals surface area contributed by atoms with E-state index in [0.29, 0.717) is 0 Å². The molecule has 0 atom stereocenters. The lowest BCUT2D eigenvalue weighted by Gasteiger charge is -2.02. The Morgan fingerprint density at radius 1 is 1.25 bits per heavy atom. The van der Waals surface area contributed by atoms with E-state index in [-0.39, 0.29) is 0 Å².